The molecule has 12 atom stereocenters. The van der Waals surface area contributed by atoms with Crippen LogP contribution in [0.25, 0.3) is 0 Å². The maximum atomic E-state index is 13.0. The van der Waals surface area contributed by atoms with Crippen LogP contribution in [0.1, 0.15) is 105 Å². The highest BCUT2D eigenvalue weighted by Gasteiger charge is 2.64. The second-order valence-electron chi connectivity index (χ2n) is 16.3. The molecule has 8 saturated carbocycles. The lowest BCUT2D eigenvalue weighted by Gasteiger charge is -2.63. The van der Waals surface area contributed by atoms with Gasteiger partial charge in [0.1, 0.15) is 5.69 Å². The van der Waals surface area contributed by atoms with Crippen LogP contribution < -0.4 is 11.1 Å². The second kappa shape index (κ2) is 16.1. The summed E-state index contributed by atoms with van der Waals surface area (Å²) in [5, 5.41) is 3.48. The largest absolute Gasteiger partial charge is 0.344 e. The third-order valence-electron chi connectivity index (χ3n) is 12.8. The minimum atomic E-state index is -0.357. The Bertz CT molecular complexity index is 1660. The van der Waals surface area contributed by atoms with Gasteiger partial charge in [-0.3, -0.25) is 9.78 Å². The van der Waals surface area contributed by atoms with Crippen molar-refractivity contribution in [3.63, 3.8) is 0 Å². The molecule has 8 aliphatic rings. The molecule has 8 bridgehead atoms. The van der Waals surface area contributed by atoms with E-state index in [9.17, 15) is 4.79 Å². The maximum Gasteiger partial charge on any atom is 0.270 e. The molecule has 0 spiro atoms. The molecule has 10 heteroatoms. The number of nitrogens with two attached hydrogens (primary N) is 1. The van der Waals surface area contributed by atoms with E-state index in [0.29, 0.717) is 29.4 Å². The number of rotatable bonds is 6. The lowest BCUT2D eigenvalue weighted by Crippen LogP contribution is -2.62. The lowest BCUT2D eigenvalue weighted by atomic mass is 9.49. The van der Waals surface area contributed by atoms with E-state index in [1.165, 1.54) is 12.0 Å². The minimum Gasteiger partial charge on any atom is -0.344 e. The number of nitrogens with zero attached hydrogens (tertiary/aromatic N) is 1. The fourth-order valence-corrected chi connectivity index (χ4v) is 14.8. The highest BCUT2D eigenvalue weighted by Crippen LogP contribution is 2.68. The molecule has 8 aliphatic carbocycles. The standard InChI is InChI=1S/C23H24Cl2N2O.C17H21Cl2N.CH2Cl2.CH4/c24-22-11-15-10-17(13-22)19(23(25,12-15)14-22)20(16-6-2-1-3-7-16)27-21(28)18-8-4-5-9-26-18;18-16-7-11-6-13(9-16)14(17(19,8-11)10-16)15(20)12-4-2-1-3-5-12;2-1-3;/h1-9,15,17,19-20H,10-14H2,(H,27,28);1-5,11,13-15H,6-10,20H2;1H2;1H4/t15-,17?,19+,20-,22-,23-;11-,13?,14+,15-,16-,17-;;/m00../s1. The van der Waals surface area contributed by atoms with Crippen LogP contribution in [-0.4, -0.2) is 35.7 Å². The summed E-state index contributed by atoms with van der Waals surface area (Å²) in [4.78, 5) is 16.5. The Kier molecular flexibility index (Phi) is 12.5. The SMILES string of the molecule is C.ClCCl.N[C@@H](c1ccccc1)[C@H]1C2C[C@H]3C[C@](Cl)(C2)C[C@@]1(Cl)C3.O=C(N[C@@H](c1ccccc1)[C@H]1C2C[C@H]3C[C@](Cl)(C2)C[C@@]1(Cl)C3)c1ccccn1. The van der Waals surface area contributed by atoms with Crippen molar-refractivity contribution in [1.82, 2.24) is 10.3 Å². The zero-order valence-corrected chi connectivity index (χ0v) is 33.2. The molecule has 1 amide bonds. The molecule has 2 aromatic carbocycles. The number of hydrogen-bond acceptors (Lipinski definition) is 3. The molecule has 282 valence electrons. The molecule has 4 nitrogen and oxygen atoms in total. The summed E-state index contributed by atoms with van der Waals surface area (Å²) in [5.41, 5.74) is 9.38. The number of carbonyl (C=O) groups is 1. The van der Waals surface area contributed by atoms with Gasteiger partial charge >= 0.3 is 0 Å². The van der Waals surface area contributed by atoms with Crippen molar-refractivity contribution in [2.45, 2.75) is 103 Å². The summed E-state index contributed by atoms with van der Waals surface area (Å²) in [5.74, 6) is 2.76. The van der Waals surface area contributed by atoms with Crippen LogP contribution in [0.5, 0.6) is 0 Å². The van der Waals surface area contributed by atoms with Gasteiger partial charge in [0.25, 0.3) is 5.91 Å². The fourth-order valence-electron chi connectivity index (χ4n) is 11.8. The van der Waals surface area contributed by atoms with Crippen LogP contribution in [0.4, 0.5) is 0 Å². The Balaban J connectivity index is 0.000000170. The van der Waals surface area contributed by atoms with Gasteiger partial charge in [-0.1, -0.05) is 74.2 Å². The molecular weight excluding hydrogens is 775 g/mol. The van der Waals surface area contributed by atoms with Gasteiger partial charge in [0, 0.05) is 33.8 Å². The average Bonchev–Trinajstić information content (AvgIpc) is 3.07. The summed E-state index contributed by atoms with van der Waals surface area (Å²) >= 11 is 37.7. The summed E-state index contributed by atoms with van der Waals surface area (Å²) in [7, 11) is 0. The van der Waals surface area contributed by atoms with Gasteiger partial charge in [-0.15, -0.1) is 69.6 Å². The van der Waals surface area contributed by atoms with Crippen molar-refractivity contribution in [2.75, 3.05) is 5.34 Å². The summed E-state index contributed by atoms with van der Waals surface area (Å²) in [6.45, 7) is 0. The number of carbonyl (C=O) groups excluding carboxylic acids is 1. The summed E-state index contributed by atoms with van der Waals surface area (Å²) in [6.07, 6.45) is 12.3. The first kappa shape index (κ1) is 40.4. The molecule has 0 saturated heterocycles. The molecule has 3 aromatic rings. The highest BCUT2D eigenvalue weighted by molar-refractivity contribution is 6.40. The Morgan fingerprint density at radius 1 is 0.712 bits per heavy atom. The second-order valence-corrected chi connectivity index (χ2v) is 20.3. The fraction of sp³-hybridized carbons (Fsp3) is 0.571. The number of benzene rings is 2. The van der Waals surface area contributed by atoms with Gasteiger partial charge in [-0.25, -0.2) is 0 Å². The first-order valence-electron chi connectivity index (χ1n) is 18.3. The Morgan fingerprint density at radius 3 is 1.65 bits per heavy atom. The maximum absolute atomic E-state index is 13.0. The van der Waals surface area contributed by atoms with E-state index >= 15 is 0 Å². The number of halogens is 6. The van der Waals surface area contributed by atoms with Gasteiger partial charge in [-0.05, 0) is 111 Å². The third-order valence-corrected chi connectivity index (χ3v) is 14.8. The topological polar surface area (TPSA) is 68.0 Å². The number of pyridine rings is 1. The van der Waals surface area contributed by atoms with Crippen molar-refractivity contribution in [3.8, 4) is 0 Å². The van der Waals surface area contributed by atoms with E-state index < -0.39 is 0 Å². The van der Waals surface area contributed by atoms with E-state index in [2.05, 4.69) is 46.7 Å². The van der Waals surface area contributed by atoms with Crippen LogP contribution in [0.3, 0.4) is 0 Å². The summed E-state index contributed by atoms with van der Waals surface area (Å²) in [6, 6.07) is 26.0. The molecule has 0 aliphatic heterocycles. The number of amides is 1. The zero-order valence-electron chi connectivity index (χ0n) is 28.7. The van der Waals surface area contributed by atoms with Crippen LogP contribution in [0.2, 0.25) is 0 Å². The predicted molar refractivity (Wildman–Crippen MR) is 219 cm³/mol. The number of hydrogen-bond donors (Lipinski definition) is 2. The quantitative estimate of drug-likeness (QED) is 0.243. The van der Waals surface area contributed by atoms with Crippen molar-refractivity contribution >= 4 is 75.5 Å². The van der Waals surface area contributed by atoms with Gasteiger partial charge in [0.15, 0.2) is 0 Å². The molecule has 1 heterocycles. The molecule has 11 rings (SSSR count). The van der Waals surface area contributed by atoms with Crippen molar-refractivity contribution in [3.05, 3.63) is 102 Å². The molecule has 2 unspecified atom stereocenters. The molecule has 1 aromatic heterocycles. The third kappa shape index (κ3) is 8.16. The van der Waals surface area contributed by atoms with Gasteiger partial charge in [0.2, 0.25) is 0 Å². The lowest BCUT2D eigenvalue weighted by molar-refractivity contribution is -0.0237. The van der Waals surface area contributed by atoms with Gasteiger partial charge in [-0.2, -0.15) is 0 Å². The molecule has 0 radical (unpaired) electrons. The normalized spacial score (nSPS) is 38.4. The number of aromatic nitrogens is 1. The molecule has 52 heavy (non-hydrogen) atoms. The minimum absolute atomic E-state index is 0. The Morgan fingerprint density at radius 2 is 1.19 bits per heavy atom. The van der Waals surface area contributed by atoms with Crippen LogP contribution >= 0.6 is 69.6 Å². The predicted octanol–water partition coefficient (Wildman–Crippen LogP) is 11.9. The van der Waals surface area contributed by atoms with Crippen LogP contribution in [0.15, 0.2) is 85.1 Å². The Hall–Kier alpha value is -1.24. The zero-order chi connectivity index (χ0) is 36.0. The van der Waals surface area contributed by atoms with Gasteiger partial charge in [0.05, 0.1) is 21.1 Å². The van der Waals surface area contributed by atoms with Gasteiger partial charge < -0.3 is 11.1 Å². The van der Waals surface area contributed by atoms with E-state index in [1.807, 2.05) is 36.4 Å². The van der Waals surface area contributed by atoms with E-state index in [4.69, 9.17) is 75.3 Å². The highest BCUT2D eigenvalue weighted by atomic mass is 35.5. The molecule has 8 fully saturated rings. The van der Waals surface area contributed by atoms with Crippen LogP contribution in [0, 0.1) is 35.5 Å². The van der Waals surface area contributed by atoms with E-state index in [1.54, 1.807) is 12.3 Å². The average molecular weight is 827 g/mol. The van der Waals surface area contributed by atoms with Crippen molar-refractivity contribution < 1.29 is 4.79 Å². The Labute approximate surface area is 340 Å². The number of nitrogens with one attached hydrogen (secondary N) is 1. The molecular formula is C42H51Cl6N3O. The first-order chi connectivity index (χ1) is 24.4. The smallest absolute Gasteiger partial charge is 0.270 e. The van der Waals surface area contributed by atoms with Crippen molar-refractivity contribution in [1.29, 1.82) is 0 Å². The van der Waals surface area contributed by atoms with E-state index in [0.717, 1.165) is 69.3 Å². The van der Waals surface area contributed by atoms with Crippen LogP contribution in [-0.2, 0) is 0 Å². The number of alkyl halides is 6. The first-order valence-corrected chi connectivity index (χ1v) is 20.9. The van der Waals surface area contributed by atoms with Crippen molar-refractivity contribution in [2.24, 2.45) is 41.2 Å². The monoisotopic (exact) mass is 823 g/mol. The molecule has 3 N–H and O–H groups in total. The summed E-state index contributed by atoms with van der Waals surface area (Å²) < 4.78 is 0. The van der Waals surface area contributed by atoms with E-state index in [-0.39, 0.29) is 56.2 Å².